The van der Waals surface area contributed by atoms with Crippen molar-refractivity contribution in [2.75, 3.05) is 6.54 Å². The summed E-state index contributed by atoms with van der Waals surface area (Å²) in [6.07, 6.45) is 0.251. The topological polar surface area (TPSA) is 75.3 Å². The molecule has 0 fully saturated rings. The zero-order chi connectivity index (χ0) is 18.4. The predicted molar refractivity (Wildman–Crippen MR) is 94.3 cm³/mol. The first-order valence-corrected chi connectivity index (χ1v) is 9.42. The summed E-state index contributed by atoms with van der Waals surface area (Å²) in [5, 5.41) is 2.74. The SMILES string of the molecule is CC(C)NC(=O)c1ccc(S(=O)(=O)NCCc2ccccc2F)cc1. The highest BCUT2D eigenvalue weighted by atomic mass is 32.2. The Labute approximate surface area is 147 Å². The number of rotatable bonds is 7. The fourth-order valence-corrected chi connectivity index (χ4v) is 3.27. The van der Waals surface area contributed by atoms with Crippen LogP contribution in [0, 0.1) is 5.82 Å². The highest BCUT2D eigenvalue weighted by Gasteiger charge is 2.15. The van der Waals surface area contributed by atoms with E-state index >= 15 is 0 Å². The molecule has 0 bridgehead atoms. The minimum Gasteiger partial charge on any atom is -0.350 e. The van der Waals surface area contributed by atoms with Gasteiger partial charge in [-0.2, -0.15) is 0 Å². The average molecular weight is 364 g/mol. The number of nitrogens with one attached hydrogen (secondary N) is 2. The lowest BCUT2D eigenvalue weighted by Gasteiger charge is -2.10. The maximum Gasteiger partial charge on any atom is 0.251 e. The van der Waals surface area contributed by atoms with Gasteiger partial charge in [0.25, 0.3) is 5.91 Å². The van der Waals surface area contributed by atoms with Crippen LogP contribution in [0.1, 0.15) is 29.8 Å². The minimum absolute atomic E-state index is 0.00374. The molecule has 0 spiro atoms. The fraction of sp³-hybridized carbons (Fsp3) is 0.278. The molecule has 0 aromatic heterocycles. The highest BCUT2D eigenvalue weighted by molar-refractivity contribution is 7.89. The van der Waals surface area contributed by atoms with Crippen LogP contribution in [-0.2, 0) is 16.4 Å². The van der Waals surface area contributed by atoms with Crippen LogP contribution in [0.25, 0.3) is 0 Å². The first-order chi connectivity index (χ1) is 11.8. The highest BCUT2D eigenvalue weighted by Crippen LogP contribution is 2.12. The van der Waals surface area contributed by atoms with Gasteiger partial charge >= 0.3 is 0 Å². The van der Waals surface area contributed by atoms with Crippen molar-refractivity contribution in [1.29, 1.82) is 0 Å². The molecule has 0 aliphatic heterocycles. The van der Waals surface area contributed by atoms with E-state index < -0.39 is 10.0 Å². The summed E-state index contributed by atoms with van der Waals surface area (Å²) in [5.74, 6) is -0.617. The van der Waals surface area contributed by atoms with Crippen LogP contribution < -0.4 is 10.0 Å². The summed E-state index contributed by atoms with van der Waals surface area (Å²) in [4.78, 5) is 11.9. The van der Waals surface area contributed by atoms with E-state index in [1.54, 1.807) is 18.2 Å². The molecule has 2 aromatic carbocycles. The average Bonchev–Trinajstić information content (AvgIpc) is 2.56. The number of carbonyl (C=O) groups is 1. The number of sulfonamides is 1. The summed E-state index contributed by atoms with van der Waals surface area (Å²) in [6, 6.07) is 11.9. The summed E-state index contributed by atoms with van der Waals surface area (Å²) in [5.41, 5.74) is 0.838. The zero-order valence-corrected chi connectivity index (χ0v) is 14.9. The molecule has 5 nitrogen and oxygen atoms in total. The molecule has 134 valence electrons. The molecule has 2 N–H and O–H groups in total. The third-order valence-electron chi connectivity index (χ3n) is 3.49. The molecule has 0 unspecified atom stereocenters. The quantitative estimate of drug-likeness (QED) is 0.793. The molecule has 2 aromatic rings. The molecular formula is C18H21FN2O3S. The monoisotopic (exact) mass is 364 g/mol. The molecule has 0 atom stereocenters. The normalized spacial score (nSPS) is 11.5. The lowest BCUT2D eigenvalue weighted by atomic mass is 10.1. The van der Waals surface area contributed by atoms with Crippen molar-refractivity contribution >= 4 is 15.9 Å². The molecule has 7 heteroatoms. The van der Waals surface area contributed by atoms with Gasteiger partial charge in [-0.1, -0.05) is 18.2 Å². The van der Waals surface area contributed by atoms with E-state index in [9.17, 15) is 17.6 Å². The Morgan fingerprint density at radius 3 is 2.32 bits per heavy atom. The summed E-state index contributed by atoms with van der Waals surface area (Å²) in [6.45, 7) is 3.77. The van der Waals surface area contributed by atoms with Crippen LogP contribution in [0.2, 0.25) is 0 Å². The smallest absolute Gasteiger partial charge is 0.251 e. The predicted octanol–water partition coefficient (Wildman–Crippen LogP) is 2.48. The molecule has 0 aliphatic carbocycles. The molecule has 0 radical (unpaired) electrons. The van der Waals surface area contributed by atoms with Crippen LogP contribution in [0.15, 0.2) is 53.4 Å². The maximum absolute atomic E-state index is 13.5. The van der Waals surface area contributed by atoms with E-state index in [-0.39, 0.29) is 35.6 Å². The van der Waals surface area contributed by atoms with Gasteiger partial charge < -0.3 is 5.32 Å². The molecule has 0 heterocycles. The van der Waals surface area contributed by atoms with Crippen LogP contribution in [0.3, 0.4) is 0 Å². The Balaban J connectivity index is 1.99. The largest absolute Gasteiger partial charge is 0.350 e. The summed E-state index contributed by atoms with van der Waals surface area (Å²) < 4.78 is 40.5. The molecular weight excluding hydrogens is 343 g/mol. The van der Waals surface area contributed by atoms with E-state index in [0.29, 0.717) is 11.1 Å². The van der Waals surface area contributed by atoms with Gasteiger partial charge in [0, 0.05) is 18.2 Å². The first-order valence-electron chi connectivity index (χ1n) is 7.93. The summed E-state index contributed by atoms with van der Waals surface area (Å²) >= 11 is 0. The third kappa shape index (κ3) is 5.37. The van der Waals surface area contributed by atoms with Gasteiger partial charge in [-0.15, -0.1) is 0 Å². The van der Waals surface area contributed by atoms with Crippen molar-refractivity contribution in [2.24, 2.45) is 0 Å². The van der Waals surface area contributed by atoms with Gasteiger partial charge in [0.15, 0.2) is 0 Å². The lowest BCUT2D eigenvalue weighted by molar-refractivity contribution is 0.0943. The fourth-order valence-electron chi connectivity index (χ4n) is 2.24. The molecule has 0 aliphatic rings. The maximum atomic E-state index is 13.5. The number of carbonyl (C=O) groups excluding carboxylic acids is 1. The van der Waals surface area contributed by atoms with Gasteiger partial charge in [-0.25, -0.2) is 17.5 Å². The second-order valence-electron chi connectivity index (χ2n) is 5.89. The number of hydrogen-bond donors (Lipinski definition) is 2. The molecule has 25 heavy (non-hydrogen) atoms. The second-order valence-corrected chi connectivity index (χ2v) is 7.66. The van der Waals surface area contributed by atoms with Crippen molar-refractivity contribution in [3.63, 3.8) is 0 Å². The van der Waals surface area contributed by atoms with Crippen LogP contribution in [0.4, 0.5) is 4.39 Å². The second kappa shape index (κ2) is 8.22. The molecule has 2 rings (SSSR count). The van der Waals surface area contributed by atoms with E-state index in [1.165, 1.54) is 30.3 Å². The van der Waals surface area contributed by atoms with Gasteiger partial charge in [0.2, 0.25) is 10.0 Å². The van der Waals surface area contributed by atoms with E-state index in [1.807, 2.05) is 13.8 Å². The molecule has 1 amide bonds. The van der Waals surface area contributed by atoms with E-state index in [0.717, 1.165) is 0 Å². The van der Waals surface area contributed by atoms with Crippen molar-refractivity contribution in [2.45, 2.75) is 31.2 Å². The first kappa shape index (κ1) is 19.1. The lowest BCUT2D eigenvalue weighted by Crippen LogP contribution is -2.30. The van der Waals surface area contributed by atoms with E-state index in [2.05, 4.69) is 10.0 Å². The van der Waals surface area contributed by atoms with Crippen molar-refractivity contribution in [3.05, 3.63) is 65.5 Å². The number of halogens is 1. The Hall–Kier alpha value is -2.25. The van der Waals surface area contributed by atoms with Crippen LogP contribution in [-0.4, -0.2) is 26.9 Å². The third-order valence-corrected chi connectivity index (χ3v) is 4.97. The van der Waals surface area contributed by atoms with Crippen molar-refractivity contribution in [1.82, 2.24) is 10.0 Å². The van der Waals surface area contributed by atoms with Crippen molar-refractivity contribution in [3.8, 4) is 0 Å². The Kier molecular flexibility index (Phi) is 6.27. The van der Waals surface area contributed by atoms with E-state index in [4.69, 9.17) is 0 Å². The van der Waals surface area contributed by atoms with Crippen LogP contribution in [0.5, 0.6) is 0 Å². The number of amides is 1. The Bertz CT molecular complexity index is 834. The molecule has 0 saturated heterocycles. The van der Waals surface area contributed by atoms with Crippen molar-refractivity contribution < 1.29 is 17.6 Å². The van der Waals surface area contributed by atoms with Gasteiger partial charge in [-0.3, -0.25) is 4.79 Å². The minimum atomic E-state index is -3.71. The number of benzene rings is 2. The number of hydrogen-bond acceptors (Lipinski definition) is 3. The standard InChI is InChI=1S/C18H21FN2O3S/c1-13(2)21-18(22)15-7-9-16(10-8-15)25(23,24)20-12-11-14-5-3-4-6-17(14)19/h3-10,13,20H,11-12H2,1-2H3,(H,21,22). The molecule has 0 saturated carbocycles. The Morgan fingerprint density at radius 1 is 1.08 bits per heavy atom. The van der Waals surface area contributed by atoms with Crippen LogP contribution >= 0.6 is 0 Å². The van der Waals surface area contributed by atoms with Gasteiger partial charge in [0.1, 0.15) is 5.82 Å². The van der Waals surface area contributed by atoms with Gasteiger partial charge in [-0.05, 0) is 56.2 Å². The Morgan fingerprint density at radius 2 is 1.72 bits per heavy atom. The zero-order valence-electron chi connectivity index (χ0n) is 14.1. The van der Waals surface area contributed by atoms with Gasteiger partial charge in [0.05, 0.1) is 4.90 Å². The summed E-state index contributed by atoms with van der Waals surface area (Å²) in [7, 11) is -3.71.